The number of anilines is 1. The van der Waals surface area contributed by atoms with Crippen LogP contribution in [0.2, 0.25) is 10.0 Å². The van der Waals surface area contributed by atoms with Crippen molar-refractivity contribution in [1.82, 2.24) is 9.97 Å². The summed E-state index contributed by atoms with van der Waals surface area (Å²) in [5.74, 6) is 0.642. The highest BCUT2D eigenvalue weighted by Gasteiger charge is 2.12. The molecule has 0 fully saturated rings. The van der Waals surface area contributed by atoms with Gasteiger partial charge in [-0.25, -0.2) is 14.4 Å². The van der Waals surface area contributed by atoms with E-state index in [1.54, 1.807) is 31.3 Å². The van der Waals surface area contributed by atoms with Crippen molar-refractivity contribution in [1.29, 1.82) is 0 Å². The van der Waals surface area contributed by atoms with Crippen LogP contribution in [-0.2, 0) is 0 Å². The molecule has 1 aromatic heterocycles. The van der Waals surface area contributed by atoms with E-state index < -0.39 is 0 Å². The Bertz CT molecular complexity index is 837. The number of nitrogens with zero attached hydrogens (tertiary/aromatic N) is 2. The Kier molecular flexibility index (Phi) is 3.66. The number of rotatable bonds is 2. The van der Waals surface area contributed by atoms with Crippen LogP contribution in [0.15, 0.2) is 36.4 Å². The van der Waals surface area contributed by atoms with Crippen LogP contribution < -0.4 is 5.32 Å². The summed E-state index contributed by atoms with van der Waals surface area (Å²) in [7, 11) is 1.74. The molecule has 0 saturated carbocycles. The van der Waals surface area contributed by atoms with Gasteiger partial charge in [0.2, 0.25) is 0 Å². The lowest BCUT2D eigenvalue weighted by Gasteiger charge is -2.10. The molecule has 0 amide bonds. The van der Waals surface area contributed by atoms with Crippen molar-refractivity contribution in [3.8, 4) is 11.4 Å². The fourth-order valence-corrected chi connectivity index (χ4v) is 2.64. The van der Waals surface area contributed by atoms with E-state index in [0.29, 0.717) is 32.8 Å². The van der Waals surface area contributed by atoms with E-state index in [9.17, 15) is 4.39 Å². The zero-order chi connectivity index (χ0) is 15.0. The van der Waals surface area contributed by atoms with Crippen LogP contribution in [0.5, 0.6) is 0 Å². The Labute approximate surface area is 130 Å². The Balaban J connectivity index is 2.31. The van der Waals surface area contributed by atoms with Crippen molar-refractivity contribution in [3.05, 3.63) is 52.3 Å². The van der Waals surface area contributed by atoms with Crippen LogP contribution in [0, 0.1) is 5.82 Å². The highest BCUT2D eigenvalue weighted by Crippen LogP contribution is 2.32. The molecule has 0 saturated heterocycles. The van der Waals surface area contributed by atoms with Gasteiger partial charge in [-0.05, 0) is 24.3 Å². The third-order valence-electron chi connectivity index (χ3n) is 3.04. The molecule has 106 valence electrons. The molecule has 1 N–H and O–H groups in total. The van der Waals surface area contributed by atoms with Gasteiger partial charge in [0.15, 0.2) is 5.82 Å². The van der Waals surface area contributed by atoms with Gasteiger partial charge in [0, 0.05) is 23.0 Å². The van der Waals surface area contributed by atoms with Gasteiger partial charge >= 0.3 is 0 Å². The first-order valence-electron chi connectivity index (χ1n) is 6.19. The minimum absolute atomic E-state index is 0.343. The molecule has 0 bridgehead atoms. The van der Waals surface area contributed by atoms with Gasteiger partial charge in [-0.2, -0.15) is 0 Å². The van der Waals surface area contributed by atoms with Gasteiger partial charge in [0.1, 0.15) is 11.6 Å². The van der Waals surface area contributed by atoms with Crippen LogP contribution in [-0.4, -0.2) is 17.0 Å². The zero-order valence-corrected chi connectivity index (χ0v) is 12.5. The van der Waals surface area contributed by atoms with Crippen LogP contribution in [0.4, 0.5) is 10.2 Å². The quantitative estimate of drug-likeness (QED) is 0.737. The lowest BCUT2D eigenvalue weighted by Crippen LogP contribution is -1.99. The summed E-state index contributed by atoms with van der Waals surface area (Å²) >= 11 is 12.2. The normalized spacial score (nSPS) is 10.9. The Morgan fingerprint density at radius 2 is 1.90 bits per heavy atom. The largest absolute Gasteiger partial charge is 0.373 e. The second-order valence-electron chi connectivity index (χ2n) is 4.44. The summed E-state index contributed by atoms with van der Waals surface area (Å²) in [6.45, 7) is 0. The first-order valence-corrected chi connectivity index (χ1v) is 6.94. The van der Waals surface area contributed by atoms with Crippen molar-refractivity contribution in [2.45, 2.75) is 0 Å². The summed E-state index contributed by atoms with van der Waals surface area (Å²) in [5, 5.41) is 4.64. The Morgan fingerprint density at radius 3 is 2.62 bits per heavy atom. The van der Waals surface area contributed by atoms with Gasteiger partial charge in [-0.3, -0.25) is 0 Å². The average Bonchev–Trinajstić information content (AvgIpc) is 2.46. The van der Waals surface area contributed by atoms with Crippen LogP contribution in [0.3, 0.4) is 0 Å². The first-order chi connectivity index (χ1) is 10.1. The van der Waals surface area contributed by atoms with E-state index >= 15 is 0 Å². The molecular formula is C15H10Cl2FN3. The minimum Gasteiger partial charge on any atom is -0.373 e. The maximum absolute atomic E-state index is 13.4. The van der Waals surface area contributed by atoms with E-state index in [0.717, 1.165) is 5.39 Å². The molecule has 21 heavy (non-hydrogen) atoms. The van der Waals surface area contributed by atoms with Crippen LogP contribution >= 0.6 is 23.2 Å². The fraction of sp³-hybridized carbons (Fsp3) is 0.0667. The molecule has 0 aliphatic rings. The molecule has 0 aliphatic carbocycles. The number of benzene rings is 2. The zero-order valence-electron chi connectivity index (χ0n) is 11.0. The smallest absolute Gasteiger partial charge is 0.162 e. The van der Waals surface area contributed by atoms with Gasteiger partial charge < -0.3 is 5.32 Å². The average molecular weight is 322 g/mol. The summed E-state index contributed by atoms with van der Waals surface area (Å²) in [6.07, 6.45) is 0. The van der Waals surface area contributed by atoms with Gasteiger partial charge in [0.25, 0.3) is 0 Å². The van der Waals surface area contributed by atoms with Crippen LogP contribution in [0.1, 0.15) is 0 Å². The van der Waals surface area contributed by atoms with E-state index in [2.05, 4.69) is 15.3 Å². The molecule has 3 aromatic rings. The number of aromatic nitrogens is 2. The van der Waals surface area contributed by atoms with Gasteiger partial charge in [0.05, 0.1) is 10.5 Å². The van der Waals surface area contributed by atoms with Crippen molar-refractivity contribution < 1.29 is 4.39 Å². The molecular weight excluding hydrogens is 312 g/mol. The molecule has 1 heterocycles. The molecule has 0 atom stereocenters. The highest BCUT2D eigenvalue weighted by atomic mass is 35.5. The Hall–Kier alpha value is -1.91. The van der Waals surface area contributed by atoms with E-state index in [4.69, 9.17) is 23.2 Å². The second kappa shape index (κ2) is 5.47. The van der Waals surface area contributed by atoms with E-state index in [1.807, 2.05) is 0 Å². The lowest BCUT2D eigenvalue weighted by atomic mass is 10.1. The monoisotopic (exact) mass is 321 g/mol. The number of halogens is 3. The summed E-state index contributed by atoms with van der Waals surface area (Å²) < 4.78 is 13.4. The highest BCUT2D eigenvalue weighted by molar-refractivity contribution is 6.38. The molecule has 6 heteroatoms. The maximum Gasteiger partial charge on any atom is 0.162 e. The molecule has 0 aliphatic heterocycles. The molecule has 3 nitrogen and oxygen atoms in total. The topological polar surface area (TPSA) is 37.8 Å². The van der Waals surface area contributed by atoms with Crippen LogP contribution in [0.25, 0.3) is 22.3 Å². The number of fused-ring (bicyclic) bond motifs is 1. The van der Waals surface area contributed by atoms with Gasteiger partial charge in [-0.1, -0.05) is 35.3 Å². The fourth-order valence-electron chi connectivity index (χ4n) is 2.10. The Morgan fingerprint density at radius 1 is 1.10 bits per heavy atom. The lowest BCUT2D eigenvalue weighted by molar-refractivity contribution is 0.628. The molecule has 2 aromatic carbocycles. The van der Waals surface area contributed by atoms with E-state index in [-0.39, 0.29) is 5.82 Å². The first kappa shape index (κ1) is 14.0. The molecule has 0 radical (unpaired) electrons. The SMILES string of the molecule is CNc1nc(-c2cccc(F)c2)nc2c(Cl)cc(Cl)cc12. The summed E-state index contributed by atoms with van der Waals surface area (Å²) in [6, 6.07) is 9.46. The molecule has 0 unspecified atom stereocenters. The van der Waals surface area contributed by atoms with Crippen molar-refractivity contribution in [2.75, 3.05) is 12.4 Å². The third kappa shape index (κ3) is 2.64. The van der Waals surface area contributed by atoms with Crippen molar-refractivity contribution in [3.63, 3.8) is 0 Å². The third-order valence-corrected chi connectivity index (χ3v) is 3.54. The predicted molar refractivity (Wildman–Crippen MR) is 84.5 cm³/mol. The summed E-state index contributed by atoms with van der Waals surface area (Å²) in [5.41, 5.74) is 1.15. The maximum atomic E-state index is 13.4. The number of hydrogen-bond donors (Lipinski definition) is 1. The van der Waals surface area contributed by atoms with Crippen molar-refractivity contribution >= 4 is 39.9 Å². The summed E-state index contributed by atoms with van der Waals surface area (Å²) in [4.78, 5) is 8.83. The minimum atomic E-state index is -0.343. The number of hydrogen-bond acceptors (Lipinski definition) is 3. The standard InChI is InChI=1S/C15H10Cl2FN3/c1-19-15-11-6-9(16)7-12(17)13(11)20-14(21-15)8-3-2-4-10(18)5-8/h2-7H,1H3,(H,19,20,21). The molecule has 0 spiro atoms. The van der Waals surface area contributed by atoms with Crippen molar-refractivity contribution in [2.24, 2.45) is 0 Å². The molecule has 3 rings (SSSR count). The number of nitrogens with one attached hydrogen (secondary N) is 1. The second-order valence-corrected chi connectivity index (χ2v) is 5.28. The van der Waals surface area contributed by atoms with Gasteiger partial charge in [-0.15, -0.1) is 0 Å². The predicted octanol–water partition coefficient (Wildman–Crippen LogP) is 4.78. The van der Waals surface area contributed by atoms with E-state index in [1.165, 1.54) is 12.1 Å².